The smallest absolute Gasteiger partial charge is 0.253 e. The number of rotatable bonds is 10. The van der Waals surface area contributed by atoms with Crippen LogP contribution in [-0.2, 0) is 4.79 Å². The maximum absolute atomic E-state index is 13.0. The lowest BCUT2D eigenvalue weighted by Crippen LogP contribution is -2.38. The molecule has 0 spiro atoms. The Hall–Kier alpha value is -0.380. The van der Waals surface area contributed by atoms with E-state index < -0.39 is 56.7 Å². The van der Waals surface area contributed by atoms with Crippen molar-refractivity contribution in [2.24, 2.45) is 0 Å². The fraction of sp³-hybridized carbons (Fsp3) is 0.471. The van der Waals surface area contributed by atoms with Crippen molar-refractivity contribution in [3.63, 3.8) is 0 Å². The molecule has 1 aromatic carbocycles. The fourth-order valence-electron chi connectivity index (χ4n) is 2.17. The second-order valence-electron chi connectivity index (χ2n) is 6.02. The summed E-state index contributed by atoms with van der Waals surface area (Å²) in [5.74, 6) is -2.86. The zero-order chi connectivity index (χ0) is 26.4. The highest BCUT2D eigenvalue weighted by molar-refractivity contribution is 14.1. The molecule has 0 heterocycles. The summed E-state index contributed by atoms with van der Waals surface area (Å²) in [6.07, 6.45) is -2.56. The van der Waals surface area contributed by atoms with E-state index in [2.05, 4.69) is 10.6 Å². The van der Waals surface area contributed by atoms with Crippen LogP contribution in [0.3, 0.4) is 0 Å². The van der Waals surface area contributed by atoms with Gasteiger partial charge in [0.2, 0.25) is 0 Å². The van der Waals surface area contributed by atoms with Crippen LogP contribution in [0.25, 0.3) is 0 Å². The molecule has 0 saturated carbocycles. The van der Waals surface area contributed by atoms with Crippen molar-refractivity contribution >= 4 is 91.2 Å². The van der Waals surface area contributed by atoms with Crippen LogP contribution in [0.4, 0.5) is 5.69 Å². The van der Waals surface area contributed by atoms with Gasteiger partial charge in [0, 0.05) is 27.7 Å². The highest BCUT2D eigenvalue weighted by Gasteiger charge is 2.30. The van der Waals surface area contributed by atoms with Gasteiger partial charge in [-0.1, -0.05) is 0 Å². The summed E-state index contributed by atoms with van der Waals surface area (Å²) in [7, 11) is 0. The van der Waals surface area contributed by atoms with Gasteiger partial charge in [0.1, 0.15) is 6.61 Å². The van der Waals surface area contributed by atoms with Crippen molar-refractivity contribution in [3.05, 3.63) is 21.8 Å². The maximum Gasteiger partial charge on any atom is 0.253 e. The van der Waals surface area contributed by atoms with Gasteiger partial charge in [-0.3, -0.25) is 14.4 Å². The second kappa shape index (κ2) is 13.4. The largest absolute Gasteiger partial charge is 0.394 e. The summed E-state index contributed by atoms with van der Waals surface area (Å²) in [4.78, 5) is 38.6. The van der Waals surface area contributed by atoms with Gasteiger partial charge in [0.05, 0.1) is 49.4 Å². The van der Waals surface area contributed by atoms with E-state index in [1.54, 1.807) is 67.8 Å². The average Bonchev–Trinajstić information content (AvgIpc) is 2.76. The molecule has 14 heteroatoms. The summed E-state index contributed by atoms with van der Waals surface area (Å²) >= 11 is 4.98. The summed E-state index contributed by atoms with van der Waals surface area (Å²) in [5, 5.41) is 51.1. The van der Waals surface area contributed by atoms with Crippen LogP contribution < -0.4 is 15.5 Å². The molecule has 31 heavy (non-hydrogen) atoms. The quantitative estimate of drug-likeness (QED) is 0.142. The molecule has 0 saturated heterocycles. The predicted molar refractivity (Wildman–Crippen MR) is 136 cm³/mol. The van der Waals surface area contributed by atoms with Crippen LogP contribution in [0.5, 0.6) is 0 Å². The van der Waals surface area contributed by atoms with Crippen LogP contribution in [0.15, 0.2) is 0 Å². The van der Waals surface area contributed by atoms with Gasteiger partial charge >= 0.3 is 0 Å². The highest BCUT2D eigenvalue weighted by Crippen LogP contribution is 2.37. The Kier molecular flexibility index (Phi) is 10.2. The van der Waals surface area contributed by atoms with Crippen molar-refractivity contribution in [2.75, 3.05) is 44.8 Å². The first-order chi connectivity index (χ1) is 15.7. The normalized spacial score (nSPS) is 14.6. The molecule has 2 unspecified atom stereocenters. The molecule has 7 N–H and O–H groups in total. The van der Waals surface area contributed by atoms with E-state index >= 15 is 0 Å². The minimum absolute atomic E-state index is 0.0211. The van der Waals surface area contributed by atoms with Crippen LogP contribution in [0, 0.1) is 10.7 Å². The van der Waals surface area contributed by atoms with Gasteiger partial charge in [-0.15, -0.1) is 0 Å². The van der Waals surface area contributed by atoms with E-state index in [1.807, 2.05) is 0 Å². The third kappa shape index (κ3) is 7.30. The molecule has 2 atom stereocenters. The Bertz CT molecular complexity index is 882. The molecule has 0 aromatic heterocycles. The maximum atomic E-state index is 13.0. The topological polar surface area (TPSA) is 180 Å². The number of carbonyl (C=O) groups excluding carboxylic acids is 3. The monoisotopic (exact) mass is 780 g/mol. The lowest BCUT2D eigenvalue weighted by molar-refractivity contribution is -0.121. The first kappa shape index (κ1) is 23.8. The Morgan fingerprint density at radius 3 is 1.65 bits per heavy atom. The molecule has 1 aromatic rings. The number of nitrogens with zero attached hydrogens (tertiary/aromatic N) is 1. The number of likely N-dealkylation sites (N-methyl/N-ethyl adjacent to an activating group) is 1. The van der Waals surface area contributed by atoms with Crippen molar-refractivity contribution < 1.29 is 44.0 Å². The first-order valence-corrected chi connectivity index (χ1v) is 11.7. The minimum Gasteiger partial charge on any atom is -0.394 e. The standard InChI is InChI=1S/C17H22I3N3O8/c1-23(9(29)6-26)15-13(19)10(16(30)21-2-7(27)4-24)12(18)11(14(15)20)17(31)22-3-8(28)5-25/h7-8,24-28H,2-6H2,1H3,(H,21,30)(H,22,31)/i1D3. The summed E-state index contributed by atoms with van der Waals surface area (Å²) in [6, 6.07) is 0. The molecule has 174 valence electrons. The molecule has 0 fully saturated rings. The van der Waals surface area contributed by atoms with Gasteiger partial charge in [-0.25, -0.2) is 0 Å². The van der Waals surface area contributed by atoms with E-state index in [-0.39, 0.29) is 40.6 Å². The predicted octanol–water partition coefficient (Wildman–Crippen LogP) is -1.38. The van der Waals surface area contributed by atoms with Gasteiger partial charge < -0.3 is 41.1 Å². The third-order valence-corrected chi connectivity index (χ3v) is 6.95. The Labute approximate surface area is 223 Å². The zero-order valence-electron chi connectivity index (χ0n) is 18.7. The minimum atomic E-state index is -3.09. The molecule has 0 aliphatic rings. The van der Waals surface area contributed by atoms with E-state index in [9.17, 15) is 29.7 Å². The van der Waals surface area contributed by atoms with Crippen molar-refractivity contribution in [3.8, 4) is 0 Å². The summed E-state index contributed by atoms with van der Waals surface area (Å²) in [5.41, 5.74) is -0.689. The van der Waals surface area contributed by atoms with E-state index in [0.717, 1.165) is 0 Å². The fourth-order valence-corrected chi connectivity index (χ4v) is 6.80. The van der Waals surface area contributed by atoms with Crippen molar-refractivity contribution in [1.82, 2.24) is 10.6 Å². The number of halogens is 3. The van der Waals surface area contributed by atoms with Crippen molar-refractivity contribution in [2.45, 2.75) is 12.2 Å². The molecule has 0 bridgehead atoms. The number of carbonyl (C=O) groups is 3. The summed E-state index contributed by atoms with van der Waals surface area (Å²) in [6.45, 7) is -6.23. The van der Waals surface area contributed by atoms with E-state index in [4.69, 9.17) is 14.3 Å². The lowest BCUT2D eigenvalue weighted by atomic mass is 10.1. The molecule has 11 nitrogen and oxygen atoms in total. The number of benzene rings is 1. The van der Waals surface area contributed by atoms with Gasteiger partial charge in [0.15, 0.2) is 0 Å². The number of nitrogens with one attached hydrogen (secondary N) is 2. The Morgan fingerprint density at radius 1 is 0.903 bits per heavy atom. The van der Waals surface area contributed by atoms with E-state index in [0.29, 0.717) is 4.90 Å². The molecular formula is C17H22I3N3O8. The van der Waals surface area contributed by atoms with Crippen molar-refractivity contribution in [1.29, 1.82) is 0 Å². The lowest BCUT2D eigenvalue weighted by Gasteiger charge is -2.25. The molecule has 3 amide bonds. The zero-order valence-corrected chi connectivity index (χ0v) is 22.2. The number of amides is 3. The summed E-state index contributed by atoms with van der Waals surface area (Å²) < 4.78 is 23.4. The van der Waals surface area contributed by atoms with Crippen LogP contribution in [0.2, 0.25) is 0 Å². The van der Waals surface area contributed by atoms with Gasteiger partial charge in [0.25, 0.3) is 17.7 Å². The molecule has 1 rings (SSSR count). The molecule has 0 radical (unpaired) electrons. The average molecular weight is 780 g/mol. The Morgan fingerprint density at radius 2 is 1.32 bits per heavy atom. The molecule has 0 aliphatic carbocycles. The third-order valence-electron chi connectivity index (χ3n) is 3.77. The van der Waals surface area contributed by atoms with Gasteiger partial charge in [-0.2, -0.15) is 0 Å². The van der Waals surface area contributed by atoms with Crippen LogP contribution >= 0.6 is 67.8 Å². The van der Waals surface area contributed by atoms with Crippen LogP contribution in [0.1, 0.15) is 24.8 Å². The van der Waals surface area contributed by atoms with Gasteiger partial charge in [-0.05, 0) is 67.8 Å². The molecular weight excluding hydrogens is 755 g/mol. The van der Waals surface area contributed by atoms with E-state index in [1.165, 1.54) is 0 Å². The molecule has 0 aliphatic heterocycles. The number of hydrogen-bond donors (Lipinski definition) is 7. The Balaban J connectivity index is 3.84. The highest BCUT2D eigenvalue weighted by atomic mass is 127. The number of aliphatic hydroxyl groups excluding tert-OH is 5. The number of aliphatic hydroxyl groups is 5. The first-order valence-electron chi connectivity index (χ1n) is 10.0. The number of anilines is 1. The number of hydrogen-bond acceptors (Lipinski definition) is 8. The second-order valence-corrected chi connectivity index (χ2v) is 9.26. The SMILES string of the molecule is [2H]C([2H])([2H])N(C(=O)CO)c1c(I)c(C(=O)NCC(O)CO)c(I)c(C(=O)NCC(O)CO)c1I. The van der Waals surface area contributed by atoms with Crippen LogP contribution in [-0.4, -0.2) is 95.3 Å².